The Morgan fingerprint density at radius 1 is 1.18 bits per heavy atom. The van der Waals surface area contributed by atoms with Crippen LogP contribution in [-0.4, -0.2) is 40.9 Å². The Bertz CT molecular complexity index is 1030. The number of hydrogen-bond donors (Lipinski definition) is 3. The Balaban J connectivity index is 1.50. The van der Waals surface area contributed by atoms with Crippen molar-refractivity contribution >= 4 is 51.0 Å². The average molecular weight is 533 g/mol. The van der Waals surface area contributed by atoms with Gasteiger partial charge in [0.15, 0.2) is 5.11 Å². The molecular formula is C23H25BrN4O4S. The number of hydrogen-bond acceptors (Lipinski definition) is 5. The van der Waals surface area contributed by atoms with Crippen molar-refractivity contribution in [1.29, 1.82) is 0 Å². The Labute approximate surface area is 206 Å². The molecule has 2 aromatic carbocycles. The number of rotatable bonds is 7. The van der Waals surface area contributed by atoms with Crippen molar-refractivity contribution < 1.29 is 19.1 Å². The summed E-state index contributed by atoms with van der Waals surface area (Å²) in [6.45, 7) is 3.22. The molecule has 0 aliphatic carbocycles. The van der Waals surface area contributed by atoms with E-state index in [2.05, 4.69) is 32.1 Å². The summed E-state index contributed by atoms with van der Waals surface area (Å²) < 4.78 is 6.34. The smallest absolute Gasteiger partial charge is 0.261 e. The van der Waals surface area contributed by atoms with Crippen LogP contribution in [0.4, 0.5) is 0 Å². The number of nitrogens with one attached hydrogen (secondary N) is 3. The molecule has 1 saturated heterocycles. The molecule has 8 nitrogen and oxygen atoms in total. The molecule has 0 radical (unpaired) electrons. The van der Waals surface area contributed by atoms with Gasteiger partial charge in [0.25, 0.3) is 5.91 Å². The number of ether oxygens (including phenoxy) is 1. The van der Waals surface area contributed by atoms with Gasteiger partial charge in [-0.05, 0) is 42.4 Å². The molecule has 3 rings (SSSR count). The van der Waals surface area contributed by atoms with Gasteiger partial charge in [-0.3, -0.25) is 30.6 Å². The lowest BCUT2D eigenvalue weighted by atomic mass is 10.1. The highest BCUT2D eigenvalue weighted by molar-refractivity contribution is 9.10. The molecule has 1 atom stereocenters. The Morgan fingerprint density at radius 3 is 2.67 bits per heavy atom. The second-order valence-corrected chi connectivity index (χ2v) is 8.87. The zero-order valence-corrected chi connectivity index (χ0v) is 20.5. The van der Waals surface area contributed by atoms with Gasteiger partial charge < -0.3 is 9.64 Å². The molecule has 3 N–H and O–H groups in total. The fraction of sp³-hybridized carbons (Fsp3) is 0.304. The average Bonchev–Trinajstić information content (AvgIpc) is 3.17. The lowest BCUT2D eigenvalue weighted by Crippen LogP contribution is -2.50. The van der Waals surface area contributed by atoms with Gasteiger partial charge in [-0.15, -0.1) is 0 Å². The molecular weight excluding hydrogens is 508 g/mol. The topological polar surface area (TPSA) is 99.8 Å². The predicted octanol–water partition coefficient (Wildman–Crippen LogP) is 2.92. The highest BCUT2D eigenvalue weighted by atomic mass is 79.9. The number of amides is 3. The summed E-state index contributed by atoms with van der Waals surface area (Å²) in [5, 5.41) is 2.46. The van der Waals surface area contributed by atoms with Crippen molar-refractivity contribution in [3.8, 4) is 5.75 Å². The third-order valence-electron chi connectivity index (χ3n) is 4.98. The number of nitrogens with zero attached hydrogens (tertiary/aromatic N) is 1. The van der Waals surface area contributed by atoms with Gasteiger partial charge in [0.2, 0.25) is 11.8 Å². The van der Waals surface area contributed by atoms with E-state index in [1.54, 1.807) is 23.1 Å². The fourth-order valence-corrected chi connectivity index (χ4v) is 3.85. The quantitative estimate of drug-likeness (QED) is 0.374. The van der Waals surface area contributed by atoms with Crippen LogP contribution >= 0.6 is 28.1 Å². The van der Waals surface area contributed by atoms with Gasteiger partial charge in [-0.1, -0.05) is 53.2 Å². The summed E-state index contributed by atoms with van der Waals surface area (Å²) in [6.07, 6.45) is 0.922. The van der Waals surface area contributed by atoms with E-state index in [0.29, 0.717) is 31.0 Å². The van der Waals surface area contributed by atoms with Crippen molar-refractivity contribution in [2.45, 2.75) is 26.3 Å². The molecule has 1 fully saturated rings. The molecule has 174 valence electrons. The van der Waals surface area contributed by atoms with Crippen LogP contribution in [0.2, 0.25) is 0 Å². The van der Waals surface area contributed by atoms with E-state index in [9.17, 15) is 14.4 Å². The third kappa shape index (κ3) is 7.00. The highest BCUT2D eigenvalue weighted by Crippen LogP contribution is 2.23. The zero-order chi connectivity index (χ0) is 23.8. The Kier molecular flexibility index (Phi) is 8.79. The zero-order valence-electron chi connectivity index (χ0n) is 18.1. The summed E-state index contributed by atoms with van der Waals surface area (Å²) in [7, 11) is 0. The van der Waals surface area contributed by atoms with Crippen LogP contribution in [0.15, 0.2) is 53.0 Å². The maximum Gasteiger partial charge on any atom is 0.261 e. The molecule has 0 bridgehead atoms. The molecule has 0 aromatic heterocycles. The summed E-state index contributed by atoms with van der Waals surface area (Å²) in [4.78, 5) is 39.1. The molecule has 2 aromatic rings. The van der Waals surface area contributed by atoms with Crippen LogP contribution in [-0.2, 0) is 16.1 Å². The summed E-state index contributed by atoms with van der Waals surface area (Å²) in [6, 6.07) is 14.7. The Morgan fingerprint density at radius 2 is 1.94 bits per heavy atom. The molecule has 1 aliphatic heterocycles. The van der Waals surface area contributed by atoms with Crippen LogP contribution < -0.4 is 20.9 Å². The molecule has 10 heteroatoms. The number of carbonyl (C=O) groups is 3. The number of likely N-dealkylation sites (tertiary alicyclic amines) is 1. The van der Waals surface area contributed by atoms with Crippen molar-refractivity contribution in [3.05, 3.63) is 64.1 Å². The van der Waals surface area contributed by atoms with E-state index in [0.717, 1.165) is 16.5 Å². The highest BCUT2D eigenvalue weighted by Gasteiger charge is 2.34. The first-order chi connectivity index (χ1) is 15.9. The minimum Gasteiger partial charge on any atom is -0.493 e. The number of halogens is 1. The van der Waals surface area contributed by atoms with Crippen LogP contribution in [0.25, 0.3) is 0 Å². The largest absolute Gasteiger partial charge is 0.493 e. The van der Waals surface area contributed by atoms with Gasteiger partial charge in [-0.2, -0.15) is 0 Å². The van der Waals surface area contributed by atoms with Gasteiger partial charge in [0.1, 0.15) is 5.75 Å². The van der Waals surface area contributed by atoms with Crippen LogP contribution in [0.3, 0.4) is 0 Å². The van der Waals surface area contributed by atoms with Gasteiger partial charge in [-0.25, -0.2) is 0 Å². The summed E-state index contributed by atoms with van der Waals surface area (Å²) in [5.41, 5.74) is 6.33. The maximum atomic E-state index is 12.6. The summed E-state index contributed by atoms with van der Waals surface area (Å²) in [5.74, 6) is -0.994. The van der Waals surface area contributed by atoms with E-state index in [1.807, 2.05) is 37.3 Å². The van der Waals surface area contributed by atoms with E-state index in [1.165, 1.54) is 0 Å². The lowest BCUT2D eigenvalue weighted by molar-refractivity contribution is -0.129. The fourth-order valence-electron chi connectivity index (χ4n) is 3.34. The summed E-state index contributed by atoms with van der Waals surface area (Å²) >= 11 is 8.48. The number of benzene rings is 2. The van der Waals surface area contributed by atoms with Crippen LogP contribution in [0.1, 0.15) is 35.7 Å². The Hall–Kier alpha value is -2.98. The number of carbonyl (C=O) groups excluding carboxylic acids is 3. The molecule has 3 amide bonds. The minimum absolute atomic E-state index is 0.0692. The van der Waals surface area contributed by atoms with Crippen molar-refractivity contribution in [1.82, 2.24) is 21.1 Å². The van der Waals surface area contributed by atoms with E-state index >= 15 is 0 Å². The van der Waals surface area contributed by atoms with Gasteiger partial charge >= 0.3 is 0 Å². The molecule has 33 heavy (non-hydrogen) atoms. The molecule has 0 saturated carbocycles. The second kappa shape index (κ2) is 11.8. The monoisotopic (exact) mass is 532 g/mol. The second-order valence-electron chi connectivity index (χ2n) is 7.55. The minimum atomic E-state index is -0.508. The van der Waals surface area contributed by atoms with E-state index in [-0.39, 0.29) is 23.3 Å². The maximum absolute atomic E-state index is 12.6. The molecule has 1 unspecified atom stereocenters. The molecule has 0 spiro atoms. The first-order valence-electron chi connectivity index (χ1n) is 10.5. The lowest BCUT2D eigenvalue weighted by Gasteiger charge is -2.17. The number of hydrazine groups is 1. The SMILES string of the molecule is CCCOc1ccc(Br)cc1C(=O)NC(=S)NNC(=O)C1CC(=O)N(Cc2ccccc2)C1. The molecule has 1 heterocycles. The van der Waals surface area contributed by atoms with Crippen molar-refractivity contribution in [2.24, 2.45) is 5.92 Å². The van der Waals surface area contributed by atoms with E-state index in [4.69, 9.17) is 17.0 Å². The standard InChI is InChI=1S/C23H25BrN4O4S/c1-2-10-32-19-9-8-17(24)12-18(19)22(31)25-23(33)27-26-21(30)16-11-20(29)28(14-16)13-15-6-4-3-5-7-15/h3-9,12,16H,2,10-11,13-14H2,1H3,(H,26,30)(H2,25,27,31,33). The van der Waals surface area contributed by atoms with Crippen LogP contribution in [0, 0.1) is 5.92 Å². The van der Waals surface area contributed by atoms with Crippen LogP contribution in [0.5, 0.6) is 5.75 Å². The normalized spacial score (nSPS) is 15.2. The number of thiocarbonyl (C=S) groups is 1. The molecule has 1 aliphatic rings. The van der Waals surface area contributed by atoms with Crippen molar-refractivity contribution in [3.63, 3.8) is 0 Å². The van der Waals surface area contributed by atoms with E-state index < -0.39 is 11.8 Å². The first kappa shape index (κ1) is 24.7. The van der Waals surface area contributed by atoms with Gasteiger partial charge in [0, 0.05) is 24.0 Å². The third-order valence-corrected chi connectivity index (χ3v) is 5.67. The predicted molar refractivity (Wildman–Crippen MR) is 131 cm³/mol. The van der Waals surface area contributed by atoms with Crippen molar-refractivity contribution in [2.75, 3.05) is 13.2 Å². The van der Waals surface area contributed by atoms with Gasteiger partial charge in [0.05, 0.1) is 18.1 Å². The first-order valence-corrected chi connectivity index (χ1v) is 11.7.